The van der Waals surface area contributed by atoms with E-state index >= 15 is 0 Å². The van der Waals surface area contributed by atoms with Gasteiger partial charge in [-0.3, -0.25) is 9.69 Å². The summed E-state index contributed by atoms with van der Waals surface area (Å²) >= 11 is 0. The Balaban J connectivity index is 1.19. The predicted molar refractivity (Wildman–Crippen MR) is 122 cm³/mol. The SMILES string of the molecule is CBCCCOC(=O)N1CCC2(CC(N3CCC(N4C[C@H](F)C[C@@H]4C(=O)OC)CC3)C2)C1. The summed E-state index contributed by atoms with van der Waals surface area (Å²) in [6.45, 7) is 6.67. The fourth-order valence-corrected chi connectivity index (χ4v) is 6.39. The molecule has 0 radical (unpaired) electrons. The van der Waals surface area contributed by atoms with Crippen LogP contribution in [0.3, 0.4) is 0 Å². The van der Waals surface area contributed by atoms with Crippen molar-refractivity contribution in [2.24, 2.45) is 5.41 Å². The first kappa shape index (κ1) is 23.8. The van der Waals surface area contributed by atoms with E-state index in [0.717, 1.165) is 78.3 Å². The largest absolute Gasteiger partial charge is 0.468 e. The van der Waals surface area contributed by atoms with Gasteiger partial charge in [-0.15, -0.1) is 0 Å². The lowest BCUT2D eigenvalue weighted by atomic mass is 9.64. The Morgan fingerprint density at radius 3 is 2.59 bits per heavy atom. The van der Waals surface area contributed by atoms with Gasteiger partial charge in [0.1, 0.15) is 19.5 Å². The molecule has 0 N–H and O–H groups in total. The van der Waals surface area contributed by atoms with Crippen LogP contribution in [0, 0.1) is 5.41 Å². The third-order valence-corrected chi connectivity index (χ3v) is 8.25. The molecule has 2 atom stereocenters. The molecule has 0 bridgehead atoms. The summed E-state index contributed by atoms with van der Waals surface area (Å²) in [5.41, 5.74) is 0.274. The molecule has 4 aliphatic rings. The van der Waals surface area contributed by atoms with Crippen molar-refractivity contribution in [2.45, 2.75) is 82.4 Å². The van der Waals surface area contributed by atoms with Crippen molar-refractivity contribution in [3.05, 3.63) is 0 Å². The Bertz CT molecular complexity index is 670. The Kier molecular flexibility index (Phi) is 7.65. The number of amides is 1. The molecule has 3 heterocycles. The van der Waals surface area contributed by atoms with E-state index in [1.165, 1.54) is 7.11 Å². The predicted octanol–water partition coefficient (Wildman–Crippen LogP) is 2.32. The Morgan fingerprint density at radius 2 is 1.91 bits per heavy atom. The minimum atomic E-state index is -0.938. The summed E-state index contributed by atoms with van der Waals surface area (Å²) in [6, 6.07) is 0.416. The second kappa shape index (κ2) is 10.3. The van der Waals surface area contributed by atoms with Gasteiger partial charge in [0.05, 0.1) is 13.7 Å². The number of hydrogen-bond donors (Lipinski definition) is 0. The van der Waals surface area contributed by atoms with Crippen molar-refractivity contribution in [3.8, 4) is 0 Å². The number of piperidine rings is 1. The second-order valence-corrected chi connectivity index (χ2v) is 10.4. The van der Waals surface area contributed by atoms with Gasteiger partial charge in [-0.05, 0) is 57.0 Å². The Hall–Kier alpha value is -1.35. The number of nitrogens with zero attached hydrogens (tertiary/aromatic N) is 3. The fraction of sp³-hybridized carbons (Fsp3) is 0.913. The third-order valence-electron chi connectivity index (χ3n) is 8.25. The Labute approximate surface area is 192 Å². The highest BCUT2D eigenvalue weighted by Crippen LogP contribution is 2.50. The molecule has 0 unspecified atom stereocenters. The summed E-state index contributed by atoms with van der Waals surface area (Å²) in [4.78, 5) is 30.9. The lowest BCUT2D eigenvalue weighted by Gasteiger charge is -2.52. The highest BCUT2D eigenvalue weighted by molar-refractivity contribution is 6.33. The smallest absolute Gasteiger partial charge is 0.409 e. The number of alkyl halides is 1. The zero-order valence-electron chi connectivity index (χ0n) is 19.8. The van der Waals surface area contributed by atoms with Crippen LogP contribution in [-0.2, 0) is 14.3 Å². The highest BCUT2D eigenvalue weighted by atomic mass is 19.1. The molecule has 1 spiro atoms. The molecule has 32 heavy (non-hydrogen) atoms. The van der Waals surface area contributed by atoms with Crippen molar-refractivity contribution in [1.82, 2.24) is 14.7 Å². The van der Waals surface area contributed by atoms with E-state index < -0.39 is 12.2 Å². The molecular weight excluding hydrogens is 412 g/mol. The molecule has 7 nitrogen and oxygen atoms in total. The monoisotopic (exact) mass is 451 g/mol. The zero-order chi connectivity index (χ0) is 22.7. The number of methoxy groups -OCH3 is 1. The van der Waals surface area contributed by atoms with Gasteiger partial charge in [0.15, 0.2) is 0 Å². The van der Waals surface area contributed by atoms with Crippen LogP contribution >= 0.6 is 0 Å². The lowest BCUT2D eigenvalue weighted by molar-refractivity contribution is -0.147. The van der Waals surface area contributed by atoms with Crippen LogP contribution in [0.4, 0.5) is 9.18 Å². The average molecular weight is 451 g/mol. The first-order valence-corrected chi connectivity index (χ1v) is 12.6. The van der Waals surface area contributed by atoms with Crippen LogP contribution in [0.15, 0.2) is 0 Å². The number of rotatable bonds is 7. The molecule has 0 aromatic heterocycles. The van der Waals surface area contributed by atoms with Crippen LogP contribution < -0.4 is 0 Å². The summed E-state index contributed by atoms with van der Waals surface area (Å²) in [6.07, 6.45) is 6.56. The normalized spacial score (nSPS) is 34.0. The summed E-state index contributed by atoms with van der Waals surface area (Å²) in [7, 11) is 2.51. The van der Waals surface area contributed by atoms with E-state index in [1.54, 1.807) is 0 Å². The van der Waals surface area contributed by atoms with E-state index in [9.17, 15) is 14.0 Å². The molecule has 9 heteroatoms. The topological polar surface area (TPSA) is 62.3 Å². The number of ether oxygens (including phenoxy) is 2. The van der Waals surface area contributed by atoms with Gasteiger partial charge >= 0.3 is 12.1 Å². The van der Waals surface area contributed by atoms with Crippen LogP contribution in [0.25, 0.3) is 0 Å². The van der Waals surface area contributed by atoms with Crippen molar-refractivity contribution in [3.63, 3.8) is 0 Å². The molecular formula is C23H39BFN3O4. The van der Waals surface area contributed by atoms with Gasteiger partial charge in [-0.2, -0.15) is 0 Å². The summed E-state index contributed by atoms with van der Waals surface area (Å²) < 4.78 is 24.4. The maximum absolute atomic E-state index is 14.0. The van der Waals surface area contributed by atoms with Gasteiger partial charge in [-0.1, -0.05) is 13.1 Å². The van der Waals surface area contributed by atoms with Crippen LogP contribution in [0.2, 0.25) is 13.1 Å². The molecule has 1 saturated carbocycles. The van der Waals surface area contributed by atoms with Crippen molar-refractivity contribution >= 4 is 19.3 Å². The third kappa shape index (κ3) is 5.08. The van der Waals surface area contributed by atoms with E-state index in [2.05, 4.69) is 16.6 Å². The minimum Gasteiger partial charge on any atom is -0.468 e. The van der Waals surface area contributed by atoms with Crippen LogP contribution in [0.1, 0.15) is 44.9 Å². The maximum Gasteiger partial charge on any atom is 0.409 e. The van der Waals surface area contributed by atoms with E-state index in [0.29, 0.717) is 19.2 Å². The van der Waals surface area contributed by atoms with Gasteiger partial charge in [0.2, 0.25) is 0 Å². The fourth-order valence-electron chi connectivity index (χ4n) is 6.39. The average Bonchev–Trinajstić information content (AvgIpc) is 3.40. The van der Waals surface area contributed by atoms with E-state index in [4.69, 9.17) is 9.47 Å². The standard InChI is InChI=1S/C23H39BFN3O4/c1-24-7-3-11-32-22(30)27-10-6-23(16-27)13-19(14-23)26-8-4-18(5-9-26)28-15-17(25)12-20(28)21(29)31-2/h17-20,24H,3-16H2,1-2H3/t17-,19?,20-,23?/m1/s1. The maximum atomic E-state index is 14.0. The molecule has 1 amide bonds. The number of carbonyl (C=O) groups is 2. The van der Waals surface area contributed by atoms with Crippen molar-refractivity contribution in [1.29, 1.82) is 0 Å². The van der Waals surface area contributed by atoms with Crippen molar-refractivity contribution in [2.75, 3.05) is 46.4 Å². The molecule has 0 aromatic rings. The zero-order valence-corrected chi connectivity index (χ0v) is 19.8. The minimum absolute atomic E-state index is 0.140. The van der Waals surface area contributed by atoms with E-state index in [1.807, 2.05) is 4.90 Å². The van der Waals surface area contributed by atoms with Gasteiger partial charge in [0.25, 0.3) is 0 Å². The number of hydrogen-bond acceptors (Lipinski definition) is 6. The lowest BCUT2D eigenvalue weighted by Crippen LogP contribution is -2.56. The molecule has 0 aromatic carbocycles. The molecule has 3 saturated heterocycles. The van der Waals surface area contributed by atoms with Gasteiger partial charge in [-0.25, -0.2) is 9.18 Å². The van der Waals surface area contributed by atoms with E-state index in [-0.39, 0.29) is 29.9 Å². The molecule has 3 aliphatic heterocycles. The summed E-state index contributed by atoms with van der Waals surface area (Å²) in [5.74, 6) is -0.303. The van der Waals surface area contributed by atoms with Crippen molar-refractivity contribution < 1.29 is 23.5 Å². The molecule has 4 rings (SSSR count). The Morgan fingerprint density at radius 1 is 1.16 bits per heavy atom. The molecule has 180 valence electrons. The quantitative estimate of drug-likeness (QED) is 0.337. The first-order chi connectivity index (χ1) is 15.4. The van der Waals surface area contributed by atoms with Gasteiger partial charge in [0, 0.05) is 38.1 Å². The number of carbonyl (C=O) groups excluding carboxylic acids is 2. The number of esters is 1. The molecule has 4 fully saturated rings. The van der Waals surface area contributed by atoms with Gasteiger partial charge < -0.3 is 19.3 Å². The summed E-state index contributed by atoms with van der Waals surface area (Å²) in [5, 5.41) is 0. The molecule has 1 aliphatic carbocycles. The van der Waals surface area contributed by atoms with Crippen LogP contribution in [-0.4, -0.2) is 105 Å². The van der Waals surface area contributed by atoms with Crippen LogP contribution in [0.5, 0.6) is 0 Å². The number of halogens is 1. The second-order valence-electron chi connectivity index (χ2n) is 10.4. The first-order valence-electron chi connectivity index (χ1n) is 12.6. The number of likely N-dealkylation sites (tertiary alicyclic amines) is 3. The highest BCUT2D eigenvalue weighted by Gasteiger charge is 2.52.